The molecule has 0 radical (unpaired) electrons. The highest BCUT2D eigenvalue weighted by molar-refractivity contribution is 6.07. The lowest BCUT2D eigenvalue weighted by Gasteiger charge is -2.17. The molecule has 2 aromatic rings. The van der Waals surface area contributed by atoms with Crippen molar-refractivity contribution in [2.24, 2.45) is 0 Å². The van der Waals surface area contributed by atoms with Gasteiger partial charge < -0.3 is 15.4 Å². The van der Waals surface area contributed by atoms with Gasteiger partial charge in [0.25, 0.3) is 5.91 Å². The summed E-state index contributed by atoms with van der Waals surface area (Å²) >= 11 is 0. The van der Waals surface area contributed by atoms with E-state index >= 15 is 0 Å². The van der Waals surface area contributed by atoms with E-state index in [1.165, 1.54) is 32.4 Å². The third-order valence-electron chi connectivity index (χ3n) is 3.22. The fourth-order valence-electron chi connectivity index (χ4n) is 2.18. The fourth-order valence-corrected chi connectivity index (χ4v) is 2.18. The summed E-state index contributed by atoms with van der Waals surface area (Å²) in [5.41, 5.74) is -0.770. The molecule has 0 spiro atoms. The summed E-state index contributed by atoms with van der Waals surface area (Å²) in [7, 11) is 2.78. The first-order chi connectivity index (χ1) is 10.9. The van der Waals surface area contributed by atoms with Crippen LogP contribution in [0.4, 0.5) is 24.5 Å². The molecule has 0 aromatic heterocycles. The molecule has 2 N–H and O–H groups in total. The molecule has 0 saturated heterocycles. The first kappa shape index (κ1) is 16.7. The van der Waals surface area contributed by atoms with E-state index in [0.717, 1.165) is 6.07 Å². The first-order valence-corrected chi connectivity index (χ1v) is 6.70. The molecule has 23 heavy (non-hydrogen) atoms. The molecule has 4 nitrogen and oxygen atoms in total. The Hall–Kier alpha value is -2.70. The predicted octanol–water partition coefficient (Wildman–Crippen LogP) is 4.01. The molecule has 1 amide bonds. The van der Waals surface area contributed by atoms with Gasteiger partial charge in [-0.1, -0.05) is 18.2 Å². The van der Waals surface area contributed by atoms with Gasteiger partial charge in [-0.2, -0.15) is 13.2 Å². The second-order valence-corrected chi connectivity index (χ2v) is 4.63. The predicted molar refractivity (Wildman–Crippen MR) is 81.9 cm³/mol. The Morgan fingerprint density at radius 3 is 2.39 bits per heavy atom. The van der Waals surface area contributed by atoms with Gasteiger partial charge in [0.05, 0.1) is 29.6 Å². The Bertz CT molecular complexity index is 715. The topological polar surface area (TPSA) is 50.4 Å². The minimum absolute atomic E-state index is 0.0400. The fraction of sp³-hybridized carbons (Fsp3) is 0.188. The van der Waals surface area contributed by atoms with E-state index in [9.17, 15) is 18.0 Å². The van der Waals surface area contributed by atoms with Crippen LogP contribution in [-0.4, -0.2) is 20.1 Å². The number of benzene rings is 2. The van der Waals surface area contributed by atoms with Crippen molar-refractivity contribution in [2.75, 3.05) is 24.8 Å². The number of para-hydroxylation sites is 2. The Morgan fingerprint density at radius 1 is 1.09 bits per heavy atom. The SMILES string of the molecule is CNc1c(NC(=O)c2ccccc2OC)cccc1C(F)(F)F. The minimum atomic E-state index is -4.52. The van der Waals surface area contributed by atoms with Crippen molar-refractivity contribution in [1.82, 2.24) is 0 Å². The van der Waals surface area contributed by atoms with Gasteiger partial charge in [-0.25, -0.2) is 0 Å². The van der Waals surface area contributed by atoms with Crippen LogP contribution in [0, 0.1) is 0 Å². The number of alkyl halides is 3. The van der Waals surface area contributed by atoms with E-state index in [2.05, 4.69) is 10.6 Å². The van der Waals surface area contributed by atoms with Crippen LogP contribution >= 0.6 is 0 Å². The van der Waals surface area contributed by atoms with Crippen LogP contribution in [0.15, 0.2) is 42.5 Å². The van der Waals surface area contributed by atoms with Crippen molar-refractivity contribution in [3.05, 3.63) is 53.6 Å². The van der Waals surface area contributed by atoms with Crippen LogP contribution in [0.2, 0.25) is 0 Å². The number of anilines is 2. The molecular weight excluding hydrogens is 309 g/mol. The summed E-state index contributed by atoms with van der Waals surface area (Å²) in [6.45, 7) is 0. The number of carbonyl (C=O) groups is 1. The number of amides is 1. The average molecular weight is 324 g/mol. The number of carbonyl (C=O) groups excluding carboxylic acids is 1. The highest BCUT2D eigenvalue weighted by Gasteiger charge is 2.34. The number of hydrogen-bond acceptors (Lipinski definition) is 3. The number of halogens is 3. The summed E-state index contributed by atoms with van der Waals surface area (Å²) in [5.74, 6) is -0.221. The summed E-state index contributed by atoms with van der Waals surface area (Å²) in [4.78, 5) is 12.3. The summed E-state index contributed by atoms with van der Waals surface area (Å²) in [6.07, 6.45) is -4.52. The van der Waals surface area contributed by atoms with E-state index in [1.807, 2.05) is 0 Å². The quantitative estimate of drug-likeness (QED) is 0.893. The maximum absolute atomic E-state index is 13.0. The van der Waals surface area contributed by atoms with Gasteiger partial charge in [-0.3, -0.25) is 4.79 Å². The maximum Gasteiger partial charge on any atom is 0.418 e. The molecule has 2 rings (SSSR count). The summed E-state index contributed by atoms with van der Waals surface area (Å²) < 4.78 is 44.1. The molecule has 0 unspecified atom stereocenters. The van der Waals surface area contributed by atoms with Gasteiger partial charge in [-0.15, -0.1) is 0 Å². The number of hydrogen-bond donors (Lipinski definition) is 2. The average Bonchev–Trinajstić information content (AvgIpc) is 2.53. The lowest BCUT2D eigenvalue weighted by molar-refractivity contribution is -0.136. The number of nitrogens with one attached hydrogen (secondary N) is 2. The van der Waals surface area contributed by atoms with Crippen molar-refractivity contribution in [2.45, 2.75) is 6.18 Å². The van der Waals surface area contributed by atoms with Crippen LogP contribution in [-0.2, 0) is 6.18 Å². The van der Waals surface area contributed by atoms with Crippen molar-refractivity contribution in [3.8, 4) is 5.75 Å². The van der Waals surface area contributed by atoms with Gasteiger partial charge in [0, 0.05) is 7.05 Å². The summed E-state index contributed by atoms with van der Waals surface area (Å²) in [5, 5.41) is 4.97. The normalized spacial score (nSPS) is 11.0. The van der Waals surface area contributed by atoms with Crippen molar-refractivity contribution in [1.29, 1.82) is 0 Å². The second-order valence-electron chi connectivity index (χ2n) is 4.63. The smallest absolute Gasteiger partial charge is 0.418 e. The molecule has 0 aliphatic rings. The highest BCUT2D eigenvalue weighted by Crippen LogP contribution is 2.38. The molecule has 0 aliphatic carbocycles. The molecule has 0 heterocycles. The largest absolute Gasteiger partial charge is 0.496 e. The van der Waals surface area contributed by atoms with Crippen LogP contribution < -0.4 is 15.4 Å². The third kappa shape index (κ3) is 3.56. The number of methoxy groups -OCH3 is 1. The monoisotopic (exact) mass is 324 g/mol. The molecule has 0 bridgehead atoms. The Morgan fingerprint density at radius 2 is 1.78 bits per heavy atom. The lowest BCUT2D eigenvalue weighted by Crippen LogP contribution is -2.16. The van der Waals surface area contributed by atoms with Crippen LogP contribution in [0.5, 0.6) is 5.75 Å². The molecule has 0 fully saturated rings. The lowest BCUT2D eigenvalue weighted by atomic mass is 10.1. The van der Waals surface area contributed by atoms with Gasteiger partial charge in [-0.05, 0) is 24.3 Å². The van der Waals surface area contributed by atoms with Gasteiger partial charge >= 0.3 is 6.18 Å². The minimum Gasteiger partial charge on any atom is -0.496 e. The number of ether oxygens (including phenoxy) is 1. The zero-order chi connectivity index (χ0) is 17.0. The zero-order valence-corrected chi connectivity index (χ0v) is 12.5. The van der Waals surface area contributed by atoms with Crippen LogP contribution in [0.3, 0.4) is 0 Å². The second kappa shape index (κ2) is 6.60. The van der Waals surface area contributed by atoms with Crippen molar-refractivity contribution in [3.63, 3.8) is 0 Å². The van der Waals surface area contributed by atoms with E-state index < -0.39 is 17.6 Å². The molecule has 7 heteroatoms. The number of rotatable bonds is 4. The van der Waals surface area contributed by atoms with E-state index in [4.69, 9.17) is 4.74 Å². The van der Waals surface area contributed by atoms with Crippen molar-refractivity contribution < 1.29 is 22.7 Å². The third-order valence-corrected chi connectivity index (χ3v) is 3.22. The van der Waals surface area contributed by atoms with E-state index in [1.54, 1.807) is 18.2 Å². The molecule has 0 atom stereocenters. The van der Waals surface area contributed by atoms with Gasteiger partial charge in [0.1, 0.15) is 5.75 Å². The van der Waals surface area contributed by atoms with Crippen LogP contribution in [0.1, 0.15) is 15.9 Å². The summed E-state index contributed by atoms with van der Waals surface area (Å²) in [6, 6.07) is 10.0. The Labute approximate surface area is 131 Å². The molecule has 0 aliphatic heterocycles. The van der Waals surface area contributed by atoms with Gasteiger partial charge in [0.15, 0.2) is 0 Å². The highest BCUT2D eigenvalue weighted by atomic mass is 19.4. The molecule has 122 valence electrons. The Balaban J connectivity index is 2.39. The van der Waals surface area contributed by atoms with E-state index in [-0.39, 0.29) is 16.9 Å². The Kier molecular flexibility index (Phi) is 4.78. The van der Waals surface area contributed by atoms with Gasteiger partial charge in [0.2, 0.25) is 0 Å². The van der Waals surface area contributed by atoms with Crippen LogP contribution in [0.25, 0.3) is 0 Å². The first-order valence-electron chi connectivity index (χ1n) is 6.70. The molecular formula is C16H15F3N2O2. The van der Waals surface area contributed by atoms with Crippen molar-refractivity contribution >= 4 is 17.3 Å². The maximum atomic E-state index is 13.0. The molecule has 0 saturated carbocycles. The molecule has 2 aromatic carbocycles. The zero-order valence-electron chi connectivity index (χ0n) is 12.5. The standard InChI is InChI=1S/C16H15F3N2O2/c1-20-14-11(16(17,18)19)7-5-8-12(14)21-15(22)10-6-3-4-9-13(10)23-2/h3-9,20H,1-2H3,(H,21,22). The van der Waals surface area contributed by atoms with E-state index in [0.29, 0.717) is 5.75 Å².